The Kier molecular flexibility index (Phi) is 10.4. The van der Waals surface area contributed by atoms with Crippen LogP contribution in [0.4, 0.5) is 0 Å². The lowest BCUT2D eigenvalue weighted by Crippen LogP contribution is -2.48. The van der Waals surface area contributed by atoms with E-state index >= 15 is 0 Å². The van der Waals surface area contributed by atoms with E-state index in [1.807, 2.05) is 25.6 Å². The normalized spacial score (nSPS) is 15.8. The van der Waals surface area contributed by atoms with E-state index in [9.17, 15) is 4.79 Å². The first kappa shape index (κ1) is 18.7. The summed E-state index contributed by atoms with van der Waals surface area (Å²) in [6, 6.07) is 0. The second-order valence-electron chi connectivity index (χ2n) is 4.95. The molecule has 0 aliphatic carbocycles. The van der Waals surface area contributed by atoms with Gasteiger partial charge in [-0.3, -0.25) is 4.79 Å². The first-order valence-corrected chi connectivity index (χ1v) is 8.13. The van der Waals surface area contributed by atoms with Crippen molar-refractivity contribution in [3.8, 4) is 0 Å². The molecule has 2 N–H and O–H groups in total. The van der Waals surface area contributed by atoms with E-state index in [1.165, 1.54) is 0 Å². The molecule has 0 aromatic rings. The summed E-state index contributed by atoms with van der Waals surface area (Å²) in [7, 11) is 1.80. The minimum Gasteiger partial charge on any atom is -0.465 e. The third kappa shape index (κ3) is 7.80. The summed E-state index contributed by atoms with van der Waals surface area (Å²) in [6.45, 7) is 6.54. The van der Waals surface area contributed by atoms with E-state index in [2.05, 4.69) is 12.2 Å². The first-order valence-electron chi connectivity index (χ1n) is 7.08. The second-order valence-corrected chi connectivity index (χ2v) is 6.50. The van der Waals surface area contributed by atoms with Crippen LogP contribution in [-0.2, 0) is 9.53 Å². The van der Waals surface area contributed by atoms with E-state index in [4.69, 9.17) is 9.84 Å². The Morgan fingerprint density at radius 3 is 2.68 bits per heavy atom. The standard InChI is InChI=1S/C14H29NO3S/c1-5-18-13(17)14(3,15-4)9-6-7-11-19-12(2)8-10-16/h12,15-16H,5-11H2,1-4H3. The van der Waals surface area contributed by atoms with Gasteiger partial charge in [0.2, 0.25) is 0 Å². The molecule has 0 radical (unpaired) electrons. The lowest BCUT2D eigenvalue weighted by Gasteiger charge is -2.26. The van der Waals surface area contributed by atoms with Crippen LogP contribution in [0.15, 0.2) is 0 Å². The van der Waals surface area contributed by atoms with Crippen LogP contribution in [0.1, 0.15) is 46.5 Å². The Morgan fingerprint density at radius 1 is 1.47 bits per heavy atom. The van der Waals surface area contributed by atoms with Crippen LogP contribution in [-0.4, -0.2) is 47.9 Å². The van der Waals surface area contributed by atoms with Crippen molar-refractivity contribution >= 4 is 17.7 Å². The highest BCUT2D eigenvalue weighted by molar-refractivity contribution is 7.99. The van der Waals surface area contributed by atoms with Gasteiger partial charge in [0.1, 0.15) is 5.54 Å². The molecule has 0 aliphatic rings. The lowest BCUT2D eigenvalue weighted by atomic mass is 9.95. The SMILES string of the molecule is CCOC(=O)C(C)(CCCCSC(C)CCO)NC. The minimum atomic E-state index is -0.572. The van der Waals surface area contributed by atoms with Gasteiger partial charge in [0, 0.05) is 11.9 Å². The average molecular weight is 291 g/mol. The van der Waals surface area contributed by atoms with Crippen molar-refractivity contribution in [2.24, 2.45) is 0 Å². The van der Waals surface area contributed by atoms with E-state index in [1.54, 1.807) is 7.05 Å². The highest BCUT2D eigenvalue weighted by Gasteiger charge is 2.32. The number of carbonyl (C=O) groups excluding carboxylic acids is 1. The molecule has 5 heteroatoms. The number of ether oxygens (including phenoxy) is 1. The zero-order valence-corrected chi connectivity index (χ0v) is 13.5. The fourth-order valence-electron chi connectivity index (χ4n) is 1.75. The van der Waals surface area contributed by atoms with Crippen LogP contribution in [0, 0.1) is 0 Å². The number of nitrogens with one attached hydrogen (secondary N) is 1. The van der Waals surface area contributed by atoms with E-state index in [-0.39, 0.29) is 12.6 Å². The van der Waals surface area contributed by atoms with Gasteiger partial charge in [-0.1, -0.05) is 13.3 Å². The van der Waals surface area contributed by atoms with Crippen molar-refractivity contribution < 1.29 is 14.6 Å². The van der Waals surface area contributed by atoms with Gasteiger partial charge in [0.25, 0.3) is 0 Å². The summed E-state index contributed by atoms with van der Waals surface area (Å²) in [5.41, 5.74) is -0.572. The summed E-state index contributed by atoms with van der Waals surface area (Å²) in [6.07, 6.45) is 3.71. The Balaban J connectivity index is 3.86. The van der Waals surface area contributed by atoms with Crippen LogP contribution in [0.3, 0.4) is 0 Å². The summed E-state index contributed by atoms with van der Waals surface area (Å²) >= 11 is 1.88. The first-order chi connectivity index (χ1) is 9.00. The average Bonchev–Trinajstić information content (AvgIpc) is 2.38. The molecule has 2 atom stereocenters. The molecule has 0 aromatic carbocycles. The van der Waals surface area contributed by atoms with Crippen molar-refractivity contribution in [3.63, 3.8) is 0 Å². The maximum Gasteiger partial charge on any atom is 0.326 e. The van der Waals surface area contributed by atoms with Crippen molar-refractivity contribution in [2.75, 3.05) is 26.0 Å². The van der Waals surface area contributed by atoms with Crippen molar-refractivity contribution in [2.45, 2.75) is 57.2 Å². The van der Waals surface area contributed by atoms with Crippen LogP contribution < -0.4 is 5.32 Å². The Hall–Kier alpha value is -0.260. The fourth-order valence-corrected chi connectivity index (χ4v) is 2.80. The largest absolute Gasteiger partial charge is 0.465 e. The van der Waals surface area contributed by atoms with Crippen molar-refractivity contribution in [1.29, 1.82) is 0 Å². The molecule has 0 heterocycles. The van der Waals surface area contributed by atoms with E-state index < -0.39 is 5.54 Å². The second kappa shape index (κ2) is 10.5. The Labute approximate surface area is 121 Å². The van der Waals surface area contributed by atoms with Gasteiger partial charge in [0.15, 0.2) is 0 Å². The molecule has 114 valence electrons. The molecule has 0 aliphatic heterocycles. The van der Waals surface area contributed by atoms with Gasteiger partial charge in [-0.25, -0.2) is 0 Å². The fraction of sp³-hybridized carbons (Fsp3) is 0.929. The summed E-state index contributed by atoms with van der Waals surface area (Å²) < 4.78 is 5.09. The molecule has 0 amide bonds. The molecule has 2 unspecified atom stereocenters. The summed E-state index contributed by atoms with van der Waals surface area (Å²) in [5.74, 6) is 0.905. The number of rotatable bonds is 11. The van der Waals surface area contributed by atoms with Crippen LogP contribution in [0.5, 0.6) is 0 Å². The number of aliphatic hydroxyl groups is 1. The monoisotopic (exact) mass is 291 g/mol. The molecule has 0 saturated heterocycles. The number of unbranched alkanes of at least 4 members (excludes halogenated alkanes) is 1. The van der Waals surface area contributed by atoms with Crippen molar-refractivity contribution in [3.05, 3.63) is 0 Å². The number of thioether (sulfide) groups is 1. The molecule has 0 bridgehead atoms. The molecule has 0 fully saturated rings. The third-order valence-electron chi connectivity index (χ3n) is 3.29. The van der Waals surface area contributed by atoms with Gasteiger partial charge < -0.3 is 15.2 Å². The summed E-state index contributed by atoms with van der Waals surface area (Å²) in [4.78, 5) is 11.8. The molecule has 4 nitrogen and oxygen atoms in total. The molecule has 0 aromatic heterocycles. The lowest BCUT2D eigenvalue weighted by molar-refractivity contribution is -0.150. The zero-order chi connectivity index (χ0) is 14.7. The number of esters is 1. The van der Waals surface area contributed by atoms with Crippen LogP contribution >= 0.6 is 11.8 Å². The quantitative estimate of drug-likeness (QED) is 0.451. The van der Waals surface area contributed by atoms with E-state index in [0.717, 1.165) is 31.4 Å². The topological polar surface area (TPSA) is 58.6 Å². The van der Waals surface area contributed by atoms with Crippen molar-refractivity contribution in [1.82, 2.24) is 5.32 Å². The van der Waals surface area contributed by atoms with E-state index in [0.29, 0.717) is 11.9 Å². The van der Waals surface area contributed by atoms with Crippen LogP contribution in [0.25, 0.3) is 0 Å². The third-order valence-corrected chi connectivity index (χ3v) is 4.62. The molecule has 19 heavy (non-hydrogen) atoms. The maximum atomic E-state index is 11.8. The Morgan fingerprint density at radius 2 is 2.16 bits per heavy atom. The smallest absolute Gasteiger partial charge is 0.326 e. The highest BCUT2D eigenvalue weighted by Crippen LogP contribution is 2.19. The number of likely N-dealkylation sites (N-methyl/N-ethyl adjacent to an activating group) is 1. The van der Waals surface area contributed by atoms with Gasteiger partial charge in [-0.05, 0) is 45.9 Å². The maximum absolute atomic E-state index is 11.8. The number of aliphatic hydroxyl groups excluding tert-OH is 1. The van der Waals surface area contributed by atoms with Crippen LogP contribution in [0.2, 0.25) is 0 Å². The number of hydrogen-bond donors (Lipinski definition) is 2. The van der Waals surface area contributed by atoms with Gasteiger partial charge in [-0.2, -0.15) is 11.8 Å². The highest BCUT2D eigenvalue weighted by atomic mass is 32.2. The summed E-state index contributed by atoms with van der Waals surface area (Å²) in [5, 5.41) is 12.4. The van der Waals surface area contributed by atoms with Gasteiger partial charge in [-0.15, -0.1) is 0 Å². The van der Waals surface area contributed by atoms with Gasteiger partial charge >= 0.3 is 5.97 Å². The van der Waals surface area contributed by atoms with Gasteiger partial charge in [0.05, 0.1) is 6.61 Å². The zero-order valence-electron chi connectivity index (χ0n) is 12.7. The minimum absolute atomic E-state index is 0.168. The molecule has 0 saturated carbocycles. The predicted octanol–water partition coefficient (Wildman–Crippen LogP) is 2.20. The molecular formula is C14H29NO3S. The predicted molar refractivity (Wildman–Crippen MR) is 81.6 cm³/mol. The Bertz CT molecular complexity index is 251. The molecule has 0 rings (SSSR count). The number of carbonyl (C=O) groups is 1. The molecular weight excluding hydrogens is 262 g/mol. The molecule has 0 spiro atoms. The number of hydrogen-bond acceptors (Lipinski definition) is 5.